The van der Waals surface area contributed by atoms with E-state index in [-0.39, 0.29) is 141 Å². The predicted molar refractivity (Wildman–Crippen MR) is 193 cm³/mol. The molecule has 0 aliphatic carbocycles. The van der Waals surface area contributed by atoms with Gasteiger partial charge in [-0.1, -0.05) is 20.1 Å². The molecule has 302 valence electrons. The average molecular weight is 759 g/mol. The molecule has 9 saturated heterocycles. The van der Waals surface area contributed by atoms with Crippen LogP contribution in [0.1, 0.15) is 96.8 Å². The van der Waals surface area contributed by atoms with E-state index in [4.69, 9.17) is 42.6 Å². The van der Waals surface area contributed by atoms with Gasteiger partial charge in [0.2, 0.25) is 0 Å². The van der Waals surface area contributed by atoms with Gasteiger partial charge >= 0.3 is 0 Å². The summed E-state index contributed by atoms with van der Waals surface area (Å²) in [6.45, 7) is 10.8. The summed E-state index contributed by atoms with van der Waals surface area (Å²) >= 11 is 0. The Bertz CT molecular complexity index is 1390. The van der Waals surface area contributed by atoms with Gasteiger partial charge in [-0.15, -0.1) is 0 Å². The second-order valence-electron chi connectivity index (χ2n) is 18.0. The fourth-order valence-corrected chi connectivity index (χ4v) is 11.6. The highest BCUT2D eigenvalue weighted by atomic mass is 16.7. The first-order valence-electron chi connectivity index (χ1n) is 21.1. The minimum Gasteiger partial charge on any atom is -0.394 e. The zero-order valence-electron chi connectivity index (χ0n) is 32.0. The summed E-state index contributed by atoms with van der Waals surface area (Å²) in [6, 6.07) is 0. The molecule has 0 aromatic carbocycles. The quantitative estimate of drug-likeness (QED) is 0.390. The number of ketones is 1. The molecule has 0 saturated carbocycles. The largest absolute Gasteiger partial charge is 0.394 e. The van der Waals surface area contributed by atoms with Crippen LogP contribution < -0.4 is 0 Å². The van der Waals surface area contributed by atoms with Crippen LogP contribution in [0.2, 0.25) is 0 Å². The van der Waals surface area contributed by atoms with Gasteiger partial charge in [0.15, 0.2) is 6.29 Å². The number of hydrogen-bond donors (Lipinski definition) is 2. The van der Waals surface area contributed by atoms with Crippen molar-refractivity contribution in [2.75, 3.05) is 13.7 Å². The van der Waals surface area contributed by atoms with Crippen LogP contribution in [-0.2, 0) is 47.4 Å². The first-order valence-corrected chi connectivity index (χ1v) is 21.1. The van der Waals surface area contributed by atoms with E-state index in [1.807, 2.05) is 0 Å². The van der Waals surface area contributed by atoms with Crippen molar-refractivity contribution in [3.05, 3.63) is 24.3 Å². The van der Waals surface area contributed by atoms with Crippen molar-refractivity contribution < 1.29 is 57.6 Å². The van der Waals surface area contributed by atoms with Gasteiger partial charge in [-0.2, -0.15) is 0 Å². The Labute approximate surface area is 319 Å². The lowest BCUT2D eigenvalue weighted by Gasteiger charge is -2.47. The van der Waals surface area contributed by atoms with Gasteiger partial charge in [-0.3, -0.25) is 4.79 Å². The van der Waals surface area contributed by atoms with E-state index in [1.165, 1.54) is 0 Å². The maximum absolute atomic E-state index is 14.1. The minimum atomic E-state index is -0.838. The van der Waals surface area contributed by atoms with Crippen LogP contribution in [0, 0.1) is 17.8 Å². The number of aliphatic hydroxyl groups excluding tert-OH is 2. The van der Waals surface area contributed by atoms with Crippen LogP contribution in [-0.4, -0.2) is 134 Å². The van der Waals surface area contributed by atoms with E-state index in [9.17, 15) is 15.0 Å². The summed E-state index contributed by atoms with van der Waals surface area (Å²) in [5.74, 6) is 0.350. The molecule has 0 amide bonds. The first kappa shape index (κ1) is 38.2. The number of methoxy groups -OCH3 is 1. The molecule has 12 heteroatoms. The molecule has 2 N–H and O–H groups in total. The molecule has 9 aliphatic heterocycles. The average Bonchev–Trinajstić information content (AvgIpc) is 3.78. The van der Waals surface area contributed by atoms with Crippen LogP contribution in [0.15, 0.2) is 24.3 Å². The molecular formula is C42H62O12. The SMILES string of the molecule is C=C1CC2CCC3C[C@H]4OC5[C@H]6OC7CCC(CC(=O)CC8C(CC9OC(CCC1O2)C[C@@H](C)C9=C)OC(CCC(O)CO)[C@@H]8OC)O[C@@H]7[C@@H]5O[C@@H]3OC64. The van der Waals surface area contributed by atoms with E-state index in [2.05, 4.69) is 20.1 Å². The molecule has 54 heavy (non-hydrogen) atoms. The minimum absolute atomic E-state index is 0.00621. The lowest BCUT2D eigenvalue weighted by Crippen LogP contribution is -2.61. The molecule has 20 atom stereocenters. The second-order valence-corrected chi connectivity index (χ2v) is 18.0. The fourth-order valence-electron chi connectivity index (χ4n) is 11.6. The Morgan fingerprint density at radius 3 is 2.26 bits per heavy atom. The highest BCUT2D eigenvalue weighted by Crippen LogP contribution is 2.50. The molecule has 13 unspecified atom stereocenters. The van der Waals surface area contributed by atoms with Gasteiger partial charge in [-0.05, 0) is 87.7 Å². The normalized spacial score (nSPS) is 51.1. The molecule has 11 bridgehead atoms. The van der Waals surface area contributed by atoms with Crippen LogP contribution in [0.25, 0.3) is 0 Å². The molecule has 0 aromatic heterocycles. The number of Topliss-reactive ketones (excluding diaryl/α,β-unsaturated/α-hetero) is 1. The zero-order valence-corrected chi connectivity index (χ0v) is 32.0. The van der Waals surface area contributed by atoms with Crippen molar-refractivity contribution in [3.63, 3.8) is 0 Å². The Morgan fingerprint density at radius 1 is 0.722 bits per heavy atom. The van der Waals surface area contributed by atoms with E-state index >= 15 is 0 Å². The lowest BCUT2D eigenvalue weighted by molar-refractivity contribution is -0.309. The van der Waals surface area contributed by atoms with E-state index in [0.29, 0.717) is 19.3 Å². The van der Waals surface area contributed by atoms with Crippen molar-refractivity contribution in [3.8, 4) is 0 Å². The molecule has 0 spiro atoms. The summed E-state index contributed by atoms with van der Waals surface area (Å²) < 4.78 is 60.0. The van der Waals surface area contributed by atoms with Crippen LogP contribution >= 0.6 is 0 Å². The maximum atomic E-state index is 14.1. The maximum Gasteiger partial charge on any atom is 0.161 e. The zero-order chi connectivity index (χ0) is 37.2. The second kappa shape index (κ2) is 15.8. The van der Waals surface area contributed by atoms with Crippen LogP contribution in [0.4, 0.5) is 0 Å². The number of rotatable bonds is 5. The Kier molecular flexibility index (Phi) is 11.2. The van der Waals surface area contributed by atoms with Crippen LogP contribution in [0.3, 0.4) is 0 Å². The van der Waals surface area contributed by atoms with Crippen molar-refractivity contribution in [1.82, 2.24) is 0 Å². The van der Waals surface area contributed by atoms with Gasteiger partial charge in [0.1, 0.15) is 36.3 Å². The third-order valence-electron chi connectivity index (χ3n) is 14.5. The summed E-state index contributed by atoms with van der Waals surface area (Å²) in [5, 5.41) is 19.7. The van der Waals surface area contributed by atoms with E-state index < -0.39 is 6.10 Å². The third kappa shape index (κ3) is 7.33. The molecule has 9 fully saturated rings. The molecule has 0 aromatic rings. The summed E-state index contributed by atoms with van der Waals surface area (Å²) in [6.07, 6.45) is 5.83. The van der Waals surface area contributed by atoms with Crippen LogP contribution in [0.5, 0.6) is 0 Å². The molecule has 9 aliphatic rings. The van der Waals surface area contributed by atoms with Gasteiger partial charge in [0.25, 0.3) is 0 Å². The molecule has 0 radical (unpaired) electrons. The first-order chi connectivity index (χ1) is 26.1. The monoisotopic (exact) mass is 758 g/mol. The molecular weight excluding hydrogens is 696 g/mol. The fraction of sp³-hybridized carbons (Fsp3) is 0.881. The number of ether oxygens (including phenoxy) is 9. The number of fused-ring (bicyclic) bond motifs is 6. The van der Waals surface area contributed by atoms with Crippen molar-refractivity contribution in [2.45, 2.75) is 201 Å². The van der Waals surface area contributed by atoms with Crippen molar-refractivity contribution in [2.24, 2.45) is 17.8 Å². The van der Waals surface area contributed by atoms with Gasteiger partial charge in [0.05, 0.1) is 73.8 Å². The number of carbonyl (C=O) groups is 1. The molecule has 9 heterocycles. The Morgan fingerprint density at radius 2 is 1.43 bits per heavy atom. The standard InChI is InChI=1S/C42H62O12/c1-20-13-27-8-11-30-21(2)14-26(47-30)7-5-23-15-35-38-39-41(52-35)40(54-42(23)53-38)37-32(51-39)12-9-28(49-37)16-25(45)17-29-34(18-33(48-27)22(20)3)50-31(36(29)46-4)10-6-24(44)19-43/h20,23-24,26-44H,2-3,5-19H2,1,4H3/t20-,23?,24?,26?,27?,28?,29?,30?,31?,32?,33?,34?,35-,36-,37+,38?,39+,40+,41?,42+/m1/s1. The smallest absolute Gasteiger partial charge is 0.161 e. The highest BCUT2D eigenvalue weighted by molar-refractivity contribution is 5.79. The number of aliphatic hydroxyl groups is 2. The Balaban J connectivity index is 0.977. The van der Waals surface area contributed by atoms with Gasteiger partial charge in [0, 0.05) is 38.2 Å². The van der Waals surface area contributed by atoms with E-state index in [1.54, 1.807) is 7.11 Å². The topological polar surface area (TPSA) is 141 Å². The molecule has 9 rings (SSSR count). The number of carbonyl (C=O) groups excluding carboxylic acids is 1. The third-order valence-corrected chi connectivity index (χ3v) is 14.5. The van der Waals surface area contributed by atoms with Gasteiger partial charge in [-0.25, -0.2) is 0 Å². The number of hydrogen-bond acceptors (Lipinski definition) is 12. The van der Waals surface area contributed by atoms with Gasteiger partial charge < -0.3 is 52.8 Å². The molecule has 12 nitrogen and oxygen atoms in total. The van der Waals surface area contributed by atoms with Crippen molar-refractivity contribution in [1.29, 1.82) is 0 Å². The summed E-state index contributed by atoms with van der Waals surface area (Å²) in [5.41, 5.74) is 2.22. The Hall–Kier alpha value is -1.29. The van der Waals surface area contributed by atoms with E-state index in [0.717, 1.165) is 68.9 Å². The highest BCUT2D eigenvalue weighted by Gasteiger charge is 2.64. The predicted octanol–water partition coefficient (Wildman–Crippen LogP) is 4.11. The van der Waals surface area contributed by atoms with Crippen molar-refractivity contribution >= 4 is 5.78 Å². The lowest BCUT2D eigenvalue weighted by atomic mass is 9.81. The summed E-state index contributed by atoms with van der Waals surface area (Å²) in [4.78, 5) is 14.1. The summed E-state index contributed by atoms with van der Waals surface area (Å²) in [7, 11) is 1.67.